The molecule has 1 amide bonds. The average molecular weight is 266 g/mol. The standard InChI is InChI=1S/C14H22N2OS/c1-3-6-14(2)12(17)16-13(18-14)15-11-8-9-4-5-10(11)7-9/h9-11H,3-8H2,1-2H3,(H,15,16,17)/t9-,10-,11-,14?/m1/s1. The molecule has 2 fully saturated rings. The first-order chi connectivity index (χ1) is 8.60. The average Bonchev–Trinajstić information content (AvgIpc) is 2.96. The fourth-order valence-electron chi connectivity index (χ4n) is 3.77. The lowest BCUT2D eigenvalue weighted by Crippen LogP contribution is -2.37. The third kappa shape index (κ3) is 2.09. The van der Waals surface area contributed by atoms with Gasteiger partial charge in [0.1, 0.15) is 4.75 Å². The highest BCUT2D eigenvalue weighted by atomic mass is 32.2. The Morgan fingerprint density at radius 3 is 2.89 bits per heavy atom. The highest BCUT2D eigenvalue weighted by molar-refractivity contribution is 8.16. The lowest BCUT2D eigenvalue weighted by atomic mass is 9.96. The lowest BCUT2D eigenvalue weighted by molar-refractivity contribution is -0.119. The van der Waals surface area contributed by atoms with Gasteiger partial charge in [-0.2, -0.15) is 4.99 Å². The maximum atomic E-state index is 12.0. The van der Waals surface area contributed by atoms with Gasteiger partial charge in [-0.1, -0.05) is 31.5 Å². The summed E-state index contributed by atoms with van der Waals surface area (Å²) in [5.41, 5.74) is 0. The second-order valence-electron chi connectivity index (χ2n) is 6.23. The number of nitrogens with one attached hydrogen (secondary N) is 1. The van der Waals surface area contributed by atoms with Crippen LogP contribution in [-0.4, -0.2) is 21.9 Å². The molecule has 2 aliphatic carbocycles. The molecule has 1 unspecified atom stereocenters. The smallest absolute Gasteiger partial charge is 0.264 e. The van der Waals surface area contributed by atoms with E-state index >= 15 is 0 Å². The SMILES string of the molecule is CCCC1(C)SC(N[C@@H]2C[C@@H]3CC[C@@H]2C3)=NC1=O. The second kappa shape index (κ2) is 4.55. The Balaban J connectivity index is 1.62. The molecule has 4 atom stereocenters. The van der Waals surface area contributed by atoms with Crippen molar-refractivity contribution in [1.29, 1.82) is 0 Å². The van der Waals surface area contributed by atoms with Crippen LogP contribution in [0.2, 0.25) is 0 Å². The fraction of sp³-hybridized carbons (Fsp3) is 0.857. The number of thioether (sulfide) groups is 1. The van der Waals surface area contributed by atoms with Gasteiger partial charge in [-0.15, -0.1) is 0 Å². The van der Waals surface area contributed by atoms with E-state index in [1.165, 1.54) is 25.7 Å². The van der Waals surface area contributed by atoms with E-state index < -0.39 is 0 Å². The van der Waals surface area contributed by atoms with Crippen LogP contribution in [0.15, 0.2) is 4.99 Å². The quantitative estimate of drug-likeness (QED) is 0.854. The number of amides is 1. The molecule has 0 radical (unpaired) electrons. The minimum absolute atomic E-state index is 0.0556. The maximum absolute atomic E-state index is 12.0. The van der Waals surface area contributed by atoms with Crippen molar-refractivity contribution in [2.75, 3.05) is 0 Å². The van der Waals surface area contributed by atoms with Crippen molar-refractivity contribution in [3.8, 4) is 0 Å². The summed E-state index contributed by atoms with van der Waals surface area (Å²) >= 11 is 1.65. The Kier molecular flexibility index (Phi) is 3.16. The fourth-order valence-corrected chi connectivity index (χ4v) is 4.97. The normalized spacial score (nSPS) is 42.4. The van der Waals surface area contributed by atoms with Gasteiger partial charge in [0, 0.05) is 6.04 Å². The molecule has 0 spiro atoms. The molecular formula is C14H22N2OS. The molecule has 3 nitrogen and oxygen atoms in total. The summed E-state index contributed by atoms with van der Waals surface area (Å²) in [7, 11) is 0. The molecule has 1 N–H and O–H groups in total. The van der Waals surface area contributed by atoms with Gasteiger partial charge >= 0.3 is 0 Å². The molecule has 0 aromatic carbocycles. The Labute approximate surface area is 113 Å². The molecule has 1 heterocycles. The van der Waals surface area contributed by atoms with Gasteiger partial charge in [0.05, 0.1) is 0 Å². The maximum Gasteiger partial charge on any atom is 0.264 e. The molecular weight excluding hydrogens is 244 g/mol. The monoisotopic (exact) mass is 266 g/mol. The topological polar surface area (TPSA) is 41.5 Å². The highest BCUT2D eigenvalue weighted by Gasteiger charge is 2.44. The van der Waals surface area contributed by atoms with Crippen LogP contribution in [0.4, 0.5) is 0 Å². The van der Waals surface area contributed by atoms with Gasteiger partial charge in [0.2, 0.25) is 0 Å². The third-order valence-corrected chi connectivity index (χ3v) is 5.98. The van der Waals surface area contributed by atoms with Crippen LogP contribution in [-0.2, 0) is 4.79 Å². The van der Waals surface area contributed by atoms with Gasteiger partial charge in [-0.05, 0) is 44.4 Å². The van der Waals surface area contributed by atoms with Crippen molar-refractivity contribution in [2.24, 2.45) is 16.8 Å². The number of carbonyl (C=O) groups is 1. The van der Waals surface area contributed by atoms with E-state index in [1.54, 1.807) is 11.8 Å². The lowest BCUT2D eigenvalue weighted by Gasteiger charge is -2.24. The zero-order valence-corrected chi connectivity index (χ0v) is 12.1. The molecule has 0 aromatic heterocycles. The summed E-state index contributed by atoms with van der Waals surface area (Å²) in [5, 5.41) is 4.43. The van der Waals surface area contributed by atoms with E-state index in [0.717, 1.165) is 29.8 Å². The number of carbonyl (C=O) groups excluding carboxylic acids is 1. The van der Waals surface area contributed by atoms with E-state index in [9.17, 15) is 4.79 Å². The number of hydrogen-bond donors (Lipinski definition) is 1. The van der Waals surface area contributed by atoms with Gasteiger partial charge in [0.15, 0.2) is 5.17 Å². The van der Waals surface area contributed by atoms with E-state index in [1.807, 2.05) is 6.92 Å². The predicted molar refractivity (Wildman–Crippen MR) is 75.7 cm³/mol. The number of nitrogens with zero attached hydrogens (tertiary/aromatic N) is 1. The summed E-state index contributed by atoms with van der Waals surface area (Å²) in [6, 6.07) is 0.576. The summed E-state index contributed by atoms with van der Waals surface area (Å²) in [6.07, 6.45) is 7.39. The molecule has 2 saturated carbocycles. The molecule has 1 aliphatic heterocycles. The van der Waals surface area contributed by atoms with Crippen molar-refractivity contribution in [3.05, 3.63) is 0 Å². The van der Waals surface area contributed by atoms with Crippen LogP contribution in [0.25, 0.3) is 0 Å². The molecule has 0 saturated heterocycles. The van der Waals surface area contributed by atoms with E-state index in [2.05, 4.69) is 17.2 Å². The van der Waals surface area contributed by atoms with Crippen LogP contribution in [0.1, 0.15) is 52.4 Å². The van der Waals surface area contributed by atoms with Crippen LogP contribution >= 0.6 is 11.8 Å². The number of amidine groups is 1. The van der Waals surface area contributed by atoms with E-state index in [-0.39, 0.29) is 10.7 Å². The minimum Gasteiger partial charge on any atom is -0.361 e. The zero-order chi connectivity index (χ0) is 12.8. The number of aliphatic imine (C=N–C) groups is 1. The van der Waals surface area contributed by atoms with Crippen molar-refractivity contribution >= 4 is 22.8 Å². The molecule has 4 heteroatoms. The summed E-state index contributed by atoms with van der Waals surface area (Å²) in [4.78, 5) is 16.2. The van der Waals surface area contributed by atoms with Gasteiger partial charge < -0.3 is 5.32 Å². The van der Waals surface area contributed by atoms with Gasteiger partial charge in [-0.25, -0.2) is 0 Å². The Hall–Kier alpha value is -0.510. The van der Waals surface area contributed by atoms with Crippen molar-refractivity contribution in [1.82, 2.24) is 5.32 Å². The number of hydrogen-bond acceptors (Lipinski definition) is 3. The highest BCUT2D eigenvalue weighted by Crippen LogP contribution is 2.45. The first-order valence-electron chi connectivity index (χ1n) is 7.19. The molecule has 100 valence electrons. The molecule has 3 rings (SSSR count). The van der Waals surface area contributed by atoms with Gasteiger partial charge in [0.25, 0.3) is 5.91 Å². The van der Waals surface area contributed by atoms with Crippen LogP contribution in [0, 0.1) is 11.8 Å². The molecule has 18 heavy (non-hydrogen) atoms. The third-order valence-electron chi connectivity index (χ3n) is 4.75. The van der Waals surface area contributed by atoms with Crippen LogP contribution < -0.4 is 5.32 Å². The Morgan fingerprint density at radius 1 is 1.44 bits per heavy atom. The van der Waals surface area contributed by atoms with Crippen LogP contribution in [0.3, 0.4) is 0 Å². The molecule has 2 bridgehead atoms. The Morgan fingerprint density at radius 2 is 2.28 bits per heavy atom. The molecule has 3 aliphatic rings. The minimum atomic E-state index is -0.311. The first kappa shape index (κ1) is 12.5. The summed E-state index contributed by atoms with van der Waals surface area (Å²) in [6.45, 7) is 4.16. The van der Waals surface area contributed by atoms with Crippen molar-refractivity contribution in [2.45, 2.75) is 63.2 Å². The van der Waals surface area contributed by atoms with E-state index in [0.29, 0.717) is 6.04 Å². The summed E-state index contributed by atoms with van der Waals surface area (Å²) < 4.78 is -0.311. The van der Waals surface area contributed by atoms with E-state index in [4.69, 9.17) is 0 Å². The van der Waals surface area contributed by atoms with Crippen LogP contribution in [0.5, 0.6) is 0 Å². The molecule has 0 aromatic rings. The number of rotatable bonds is 3. The van der Waals surface area contributed by atoms with Crippen molar-refractivity contribution in [3.63, 3.8) is 0 Å². The number of fused-ring (bicyclic) bond motifs is 2. The van der Waals surface area contributed by atoms with Crippen molar-refractivity contribution < 1.29 is 4.79 Å². The Bertz CT molecular complexity index is 395. The summed E-state index contributed by atoms with van der Waals surface area (Å²) in [5.74, 6) is 1.81. The van der Waals surface area contributed by atoms with Gasteiger partial charge in [-0.3, -0.25) is 4.79 Å². The zero-order valence-electron chi connectivity index (χ0n) is 11.2. The first-order valence-corrected chi connectivity index (χ1v) is 8.01. The largest absolute Gasteiger partial charge is 0.361 e. The second-order valence-corrected chi connectivity index (χ2v) is 7.72. The predicted octanol–water partition coefficient (Wildman–Crippen LogP) is 2.95.